The second-order valence-electron chi connectivity index (χ2n) is 5.26. The fourth-order valence-corrected chi connectivity index (χ4v) is 3.19. The molecular formula is C14H15ClN8O2S. The molecule has 0 aliphatic heterocycles. The van der Waals surface area contributed by atoms with E-state index in [1.165, 1.54) is 16.0 Å². The van der Waals surface area contributed by atoms with Crippen molar-refractivity contribution in [3.63, 3.8) is 0 Å². The molecule has 3 heterocycles. The molecule has 3 aromatic heterocycles. The number of rotatable bonds is 6. The molecule has 136 valence electrons. The van der Waals surface area contributed by atoms with Gasteiger partial charge in [0.25, 0.3) is 5.91 Å². The summed E-state index contributed by atoms with van der Waals surface area (Å²) in [7, 11) is 0. The van der Waals surface area contributed by atoms with E-state index in [-0.39, 0.29) is 17.3 Å². The molecule has 10 nitrogen and oxygen atoms in total. The Morgan fingerprint density at radius 1 is 1.46 bits per heavy atom. The number of hydrazone groups is 1. The van der Waals surface area contributed by atoms with Crippen LogP contribution in [-0.2, 0) is 6.42 Å². The van der Waals surface area contributed by atoms with Crippen LogP contribution in [0.1, 0.15) is 41.3 Å². The summed E-state index contributed by atoms with van der Waals surface area (Å²) >= 11 is 7.28. The van der Waals surface area contributed by atoms with E-state index < -0.39 is 5.91 Å². The van der Waals surface area contributed by atoms with Gasteiger partial charge in [0.2, 0.25) is 11.6 Å². The van der Waals surface area contributed by atoms with Gasteiger partial charge in [-0.15, -0.1) is 16.4 Å². The lowest BCUT2D eigenvalue weighted by Gasteiger charge is -2.04. The van der Waals surface area contributed by atoms with Gasteiger partial charge in [-0.05, 0) is 35.8 Å². The number of nitrogens with two attached hydrogens (primary N) is 1. The van der Waals surface area contributed by atoms with Crippen molar-refractivity contribution in [1.82, 2.24) is 30.7 Å². The van der Waals surface area contributed by atoms with Crippen molar-refractivity contribution in [2.24, 2.45) is 5.10 Å². The Labute approximate surface area is 157 Å². The van der Waals surface area contributed by atoms with Gasteiger partial charge < -0.3 is 5.73 Å². The molecule has 12 heteroatoms. The molecule has 0 saturated heterocycles. The minimum Gasteiger partial charge on any atom is -0.378 e. The third-order valence-corrected chi connectivity index (χ3v) is 4.76. The Bertz CT molecular complexity index is 960. The topological polar surface area (TPSA) is 137 Å². The van der Waals surface area contributed by atoms with E-state index in [2.05, 4.69) is 35.8 Å². The van der Waals surface area contributed by atoms with Gasteiger partial charge in [-0.2, -0.15) is 9.78 Å². The van der Waals surface area contributed by atoms with Crippen LogP contribution in [0.3, 0.4) is 0 Å². The Morgan fingerprint density at radius 3 is 2.88 bits per heavy atom. The van der Waals surface area contributed by atoms with Gasteiger partial charge in [0.05, 0.1) is 20.6 Å². The zero-order chi connectivity index (χ0) is 18.7. The van der Waals surface area contributed by atoms with E-state index in [9.17, 15) is 4.79 Å². The largest absolute Gasteiger partial charge is 0.378 e. The zero-order valence-corrected chi connectivity index (χ0v) is 15.5. The number of carbonyl (C=O) groups excluding carboxylic acids is 1. The first-order valence-electron chi connectivity index (χ1n) is 7.64. The average molecular weight is 395 g/mol. The van der Waals surface area contributed by atoms with Crippen molar-refractivity contribution in [3.8, 4) is 5.82 Å². The predicted octanol–water partition coefficient (Wildman–Crippen LogP) is 2.05. The molecule has 0 fully saturated rings. The Morgan fingerprint density at radius 2 is 2.27 bits per heavy atom. The molecule has 1 amide bonds. The molecule has 0 aromatic carbocycles. The lowest BCUT2D eigenvalue weighted by atomic mass is 10.2. The molecule has 0 aliphatic carbocycles. The molecule has 0 unspecified atom stereocenters. The third kappa shape index (κ3) is 3.58. The minimum atomic E-state index is -0.489. The highest BCUT2D eigenvalue weighted by Gasteiger charge is 2.23. The summed E-state index contributed by atoms with van der Waals surface area (Å²) < 4.78 is 6.58. The smallest absolute Gasteiger partial charge is 0.293 e. The highest BCUT2D eigenvalue weighted by molar-refractivity contribution is 7.18. The molecule has 0 radical (unpaired) electrons. The van der Waals surface area contributed by atoms with Crippen LogP contribution in [0.2, 0.25) is 4.34 Å². The lowest BCUT2D eigenvalue weighted by Crippen LogP contribution is -2.21. The lowest BCUT2D eigenvalue weighted by molar-refractivity contribution is 0.0948. The van der Waals surface area contributed by atoms with Crippen LogP contribution in [0.25, 0.3) is 5.82 Å². The van der Waals surface area contributed by atoms with Crippen LogP contribution in [0.15, 0.2) is 21.9 Å². The van der Waals surface area contributed by atoms with Crippen molar-refractivity contribution >= 4 is 40.4 Å². The van der Waals surface area contributed by atoms with E-state index in [0.717, 1.165) is 11.3 Å². The highest BCUT2D eigenvalue weighted by atomic mass is 35.5. The quantitative estimate of drug-likeness (QED) is 0.482. The van der Waals surface area contributed by atoms with E-state index >= 15 is 0 Å². The van der Waals surface area contributed by atoms with Crippen LogP contribution in [-0.4, -0.2) is 36.9 Å². The van der Waals surface area contributed by atoms with Gasteiger partial charge in [-0.25, -0.2) is 10.1 Å². The molecule has 0 bridgehead atoms. The molecule has 3 aromatic rings. The number of carbonyl (C=O) groups is 1. The van der Waals surface area contributed by atoms with E-state index in [1.54, 1.807) is 13.0 Å². The number of nitrogen functional groups attached to an aromatic ring is 1. The highest BCUT2D eigenvalue weighted by Crippen LogP contribution is 2.22. The van der Waals surface area contributed by atoms with Gasteiger partial charge >= 0.3 is 0 Å². The summed E-state index contributed by atoms with van der Waals surface area (Å²) in [5, 5.41) is 19.2. The number of nitrogens with one attached hydrogen (secondary N) is 1. The Hall–Kier alpha value is -2.79. The normalized spacial score (nSPS) is 11.7. The van der Waals surface area contributed by atoms with Gasteiger partial charge in [-0.1, -0.05) is 30.2 Å². The summed E-state index contributed by atoms with van der Waals surface area (Å²) in [5.41, 5.74) is 9.49. The Kier molecular flexibility index (Phi) is 5.28. The van der Waals surface area contributed by atoms with Crippen LogP contribution in [0, 0.1) is 0 Å². The minimum absolute atomic E-state index is 0.0580. The summed E-state index contributed by atoms with van der Waals surface area (Å²) in [6, 6.07) is 3.60. The van der Waals surface area contributed by atoms with Gasteiger partial charge in [0, 0.05) is 0 Å². The second kappa shape index (κ2) is 7.62. The fraction of sp³-hybridized carbons (Fsp3) is 0.286. The van der Waals surface area contributed by atoms with E-state index in [0.29, 0.717) is 22.2 Å². The van der Waals surface area contributed by atoms with Gasteiger partial charge in [-0.3, -0.25) is 4.79 Å². The number of nitrogens with zero attached hydrogens (tertiary/aromatic N) is 6. The van der Waals surface area contributed by atoms with Crippen LogP contribution >= 0.6 is 22.9 Å². The van der Waals surface area contributed by atoms with Crippen molar-refractivity contribution in [2.45, 2.75) is 26.7 Å². The summed E-state index contributed by atoms with van der Waals surface area (Å²) in [5.74, 6) is -0.243. The molecule has 0 aliphatic rings. The first-order chi connectivity index (χ1) is 12.5. The molecule has 26 heavy (non-hydrogen) atoms. The number of halogens is 1. The standard InChI is InChI=1S/C14H15ClN8O2S/c1-3-4-8-11(18-22-23(8)13-12(16)20-25-21-13)14(24)19-17-7(2)9-5-6-10(15)26-9/h5-6H,3-4H2,1-2H3,(H2,16,20)(H,19,24). The number of hydrogen-bond acceptors (Lipinski definition) is 9. The first-order valence-corrected chi connectivity index (χ1v) is 8.84. The summed E-state index contributed by atoms with van der Waals surface area (Å²) in [6.45, 7) is 3.74. The third-order valence-electron chi connectivity index (χ3n) is 3.42. The maximum Gasteiger partial charge on any atom is 0.293 e. The molecular weight excluding hydrogens is 380 g/mol. The maximum atomic E-state index is 12.5. The monoisotopic (exact) mass is 394 g/mol. The first kappa shape index (κ1) is 18.0. The second-order valence-corrected chi connectivity index (χ2v) is 6.98. The van der Waals surface area contributed by atoms with Crippen molar-refractivity contribution in [1.29, 1.82) is 0 Å². The molecule has 3 rings (SSSR count). The predicted molar refractivity (Wildman–Crippen MR) is 96.6 cm³/mol. The molecule has 0 saturated carbocycles. The van der Waals surface area contributed by atoms with Crippen LogP contribution < -0.4 is 11.2 Å². The van der Waals surface area contributed by atoms with E-state index in [4.69, 9.17) is 17.3 Å². The fourth-order valence-electron chi connectivity index (χ4n) is 2.20. The number of thiophene rings is 1. The van der Waals surface area contributed by atoms with Crippen LogP contribution in [0.4, 0.5) is 5.82 Å². The summed E-state index contributed by atoms with van der Waals surface area (Å²) in [6.07, 6.45) is 1.29. The van der Waals surface area contributed by atoms with Crippen LogP contribution in [0.5, 0.6) is 0 Å². The Balaban J connectivity index is 1.85. The SMILES string of the molecule is CCCc1c(C(=O)NN=C(C)c2ccc(Cl)s2)nnn1-c1nonc1N. The molecule has 3 N–H and O–H groups in total. The van der Waals surface area contributed by atoms with Gasteiger partial charge in [0.15, 0.2) is 5.69 Å². The van der Waals surface area contributed by atoms with E-state index in [1.807, 2.05) is 13.0 Å². The van der Waals surface area contributed by atoms with Crippen molar-refractivity contribution < 1.29 is 9.42 Å². The molecule has 0 atom stereocenters. The number of amides is 1. The van der Waals surface area contributed by atoms with Crippen molar-refractivity contribution in [3.05, 3.63) is 32.7 Å². The number of hydrogen-bond donors (Lipinski definition) is 2. The van der Waals surface area contributed by atoms with Gasteiger partial charge in [0.1, 0.15) is 0 Å². The average Bonchev–Trinajstić information content (AvgIpc) is 3.33. The molecule has 0 spiro atoms. The number of anilines is 1. The zero-order valence-electron chi connectivity index (χ0n) is 13.9. The maximum absolute atomic E-state index is 12.5. The van der Waals surface area contributed by atoms with Crippen molar-refractivity contribution in [2.75, 3.05) is 5.73 Å². The summed E-state index contributed by atoms with van der Waals surface area (Å²) in [4.78, 5) is 13.4. The number of aromatic nitrogens is 5.